The van der Waals surface area contributed by atoms with Gasteiger partial charge in [-0.2, -0.15) is 0 Å². The van der Waals surface area contributed by atoms with Crippen LogP contribution in [0.1, 0.15) is 10.4 Å². The summed E-state index contributed by atoms with van der Waals surface area (Å²) >= 11 is 0. The number of hydrogen-bond acceptors (Lipinski definition) is 5. The Bertz CT molecular complexity index is 701. The number of fused-ring (bicyclic) bond motifs is 1. The number of ketones is 1. The third kappa shape index (κ3) is 2.05. The molecule has 0 spiro atoms. The number of nitrogens with zero attached hydrogens (tertiary/aromatic N) is 2. The summed E-state index contributed by atoms with van der Waals surface area (Å²) in [6.45, 7) is 0. The van der Waals surface area contributed by atoms with Gasteiger partial charge in [-0.1, -0.05) is 0 Å². The summed E-state index contributed by atoms with van der Waals surface area (Å²) in [5, 5.41) is 11.1. The molecule has 0 N–H and O–H groups in total. The first-order valence-corrected chi connectivity index (χ1v) is 5.32. The van der Waals surface area contributed by atoms with Crippen LogP contribution in [0.15, 0.2) is 24.4 Å². The van der Waals surface area contributed by atoms with E-state index in [2.05, 4.69) is 4.74 Å². The number of nitro groups is 1. The Labute approximate surface area is 107 Å². The summed E-state index contributed by atoms with van der Waals surface area (Å²) < 4.78 is 5.99. The maximum absolute atomic E-state index is 11.8. The van der Waals surface area contributed by atoms with Crippen molar-refractivity contribution in [1.29, 1.82) is 0 Å². The molecule has 19 heavy (non-hydrogen) atoms. The molecule has 2 aromatic rings. The molecule has 0 aliphatic heterocycles. The van der Waals surface area contributed by atoms with E-state index < -0.39 is 16.7 Å². The van der Waals surface area contributed by atoms with Crippen molar-refractivity contribution in [3.8, 4) is 0 Å². The number of hydrogen-bond donors (Lipinski definition) is 0. The van der Waals surface area contributed by atoms with Crippen LogP contribution >= 0.6 is 0 Å². The Balaban J connectivity index is 2.67. The van der Waals surface area contributed by atoms with Gasteiger partial charge in [0, 0.05) is 36.3 Å². The molecule has 0 saturated carbocycles. The molecule has 0 aliphatic rings. The number of Topliss-reactive ketones (excluding diaryl/α,β-unsaturated/α-hetero) is 1. The zero-order valence-electron chi connectivity index (χ0n) is 10.2. The normalized spacial score (nSPS) is 10.4. The van der Waals surface area contributed by atoms with Crippen molar-refractivity contribution in [2.45, 2.75) is 0 Å². The first-order chi connectivity index (χ1) is 8.95. The van der Waals surface area contributed by atoms with Crippen LogP contribution in [0, 0.1) is 10.1 Å². The number of nitro benzene ring substituents is 1. The molecule has 0 saturated heterocycles. The van der Waals surface area contributed by atoms with E-state index in [0.29, 0.717) is 10.9 Å². The lowest BCUT2D eigenvalue weighted by Gasteiger charge is -1.97. The molecule has 2 rings (SSSR count). The number of ether oxygens (including phenoxy) is 1. The summed E-state index contributed by atoms with van der Waals surface area (Å²) in [7, 11) is 2.79. The zero-order valence-corrected chi connectivity index (χ0v) is 10.2. The van der Waals surface area contributed by atoms with Gasteiger partial charge in [-0.15, -0.1) is 0 Å². The molecule has 0 radical (unpaired) electrons. The Kier molecular flexibility index (Phi) is 3.04. The second kappa shape index (κ2) is 4.52. The van der Waals surface area contributed by atoms with E-state index in [1.165, 1.54) is 24.4 Å². The average molecular weight is 262 g/mol. The number of carbonyl (C=O) groups is 2. The van der Waals surface area contributed by atoms with Crippen LogP contribution in [0.3, 0.4) is 0 Å². The minimum Gasteiger partial charge on any atom is -0.463 e. The van der Waals surface area contributed by atoms with Gasteiger partial charge in [-0.25, -0.2) is 4.79 Å². The fourth-order valence-electron chi connectivity index (χ4n) is 1.88. The van der Waals surface area contributed by atoms with Gasteiger partial charge in [0.1, 0.15) is 0 Å². The third-order valence-corrected chi connectivity index (χ3v) is 2.80. The van der Waals surface area contributed by atoms with Crippen molar-refractivity contribution < 1.29 is 19.2 Å². The minimum absolute atomic E-state index is 0.0908. The number of aryl methyl sites for hydroxylation is 1. The maximum Gasteiger partial charge on any atom is 0.379 e. The molecule has 7 nitrogen and oxygen atoms in total. The van der Waals surface area contributed by atoms with Gasteiger partial charge in [-0.05, 0) is 6.07 Å². The largest absolute Gasteiger partial charge is 0.463 e. The minimum atomic E-state index is -1.00. The first-order valence-electron chi connectivity index (χ1n) is 5.32. The predicted octanol–water partition coefficient (Wildman–Crippen LogP) is 1.44. The highest BCUT2D eigenvalue weighted by Crippen LogP contribution is 2.25. The van der Waals surface area contributed by atoms with Crippen LogP contribution in [0.5, 0.6) is 0 Å². The molecular weight excluding hydrogens is 252 g/mol. The van der Waals surface area contributed by atoms with Gasteiger partial charge >= 0.3 is 5.97 Å². The smallest absolute Gasteiger partial charge is 0.379 e. The van der Waals surface area contributed by atoms with E-state index >= 15 is 0 Å². The Morgan fingerprint density at radius 2 is 2.05 bits per heavy atom. The molecule has 1 aromatic heterocycles. The number of esters is 1. The van der Waals surface area contributed by atoms with E-state index in [4.69, 9.17) is 0 Å². The van der Waals surface area contributed by atoms with E-state index in [9.17, 15) is 19.7 Å². The molecule has 98 valence electrons. The highest BCUT2D eigenvalue weighted by molar-refractivity contribution is 6.43. The summed E-state index contributed by atoms with van der Waals surface area (Å²) in [5.41, 5.74) is 0.573. The van der Waals surface area contributed by atoms with Gasteiger partial charge in [-0.3, -0.25) is 14.9 Å². The average Bonchev–Trinajstić information content (AvgIpc) is 2.73. The van der Waals surface area contributed by atoms with Crippen molar-refractivity contribution >= 4 is 28.3 Å². The van der Waals surface area contributed by atoms with E-state index in [1.807, 2.05) is 0 Å². The molecule has 0 bridgehead atoms. The number of benzene rings is 1. The van der Waals surface area contributed by atoms with Crippen molar-refractivity contribution in [3.63, 3.8) is 0 Å². The van der Waals surface area contributed by atoms with Crippen LogP contribution in [0.2, 0.25) is 0 Å². The number of aromatic nitrogens is 1. The van der Waals surface area contributed by atoms with Gasteiger partial charge in [0.15, 0.2) is 0 Å². The molecule has 0 fully saturated rings. The van der Waals surface area contributed by atoms with Crippen LogP contribution in [0.4, 0.5) is 5.69 Å². The summed E-state index contributed by atoms with van der Waals surface area (Å²) in [4.78, 5) is 33.3. The predicted molar refractivity (Wildman–Crippen MR) is 65.9 cm³/mol. The fraction of sp³-hybridized carbons (Fsp3) is 0.167. The van der Waals surface area contributed by atoms with Crippen LogP contribution in [0.25, 0.3) is 10.9 Å². The van der Waals surface area contributed by atoms with Crippen LogP contribution in [-0.4, -0.2) is 28.4 Å². The van der Waals surface area contributed by atoms with Crippen molar-refractivity contribution in [1.82, 2.24) is 4.57 Å². The monoisotopic (exact) mass is 262 g/mol. The summed E-state index contributed by atoms with van der Waals surface area (Å²) in [5.74, 6) is -1.83. The molecule has 0 amide bonds. The molecule has 0 atom stereocenters. The topological polar surface area (TPSA) is 91.4 Å². The SMILES string of the molecule is COC(=O)C(=O)c1cn(C)c2ccc([N+](=O)[O-])cc12. The van der Waals surface area contributed by atoms with Crippen molar-refractivity contribution in [2.75, 3.05) is 7.11 Å². The third-order valence-electron chi connectivity index (χ3n) is 2.80. The number of non-ortho nitro benzene ring substituents is 1. The lowest BCUT2D eigenvalue weighted by atomic mass is 10.1. The van der Waals surface area contributed by atoms with Gasteiger partial charge in [0.05, 0.1) is 17.6 Å². The Morgan fingerprint density at radius 1 is 1.37 bits per heavy atom. The fourth-order valence-corrected chi connectivity index (χ4v) is 1.88. The Morgan fingerprint density at radius 3 is 2.63 bits per heavy atom. The Hall–Kier alpha value is -2.70. The first kappa shape index (κ1) is 12.7. The van der Waals surface area contributed by atoms with Crippen LogP contribution in [-0.2, 0) is 16.6 Å². The highest BCUT2D eigenvalue weighted by atomic mass is 16.6. The second-order valence-corrected chi connectivity index (χ2v) is 3.93. The second-order valence-electron chi connectivity index (χ2n) is 3.93. The summed E-state index contributed by atoms with van der Waals surface area (Å²) in [6.07, 6.45) is 1.45. The molecular formula is C12H10N2O5. The van der Waals surface area contributed by atoms with E-state index in [0.717, 1.165) is 7.11 Å². The molecule has 0 unspecified atom stereocenters. The molecule has 1 aromatic carbocycles. The standard InChI is InChI=1S/C12H10N2O5/c1-13-6-9(11(15)12(16)19-2)8-5-7(14(17)18)3-4-10(8)13/h3-6H,1-2H3. The number of carbonyl (C=O) groups excluding carboxylic acids is 2. The van der Waals surface area contributed by atoms with E-state index in [-0.39, 0.29) is 11.3 Å². The van der Waals surface area contributed by atoms with E-state index in [1.54, 1.807) is 11.6 Å². The zero-order chi connectivity index (χ0) is 14.2. The lowest BCUT2D eigenvalue weighted by molar-refractivity contribution is -0.384. The van der Waals surface area contributed by atoms with Gasteiger partial charge < -0.3 is 9.30 Å². The van der Waals surface area contributed by atoms with Crippen molar-refractivity contribution in [3.05, 3.63) is 40.1 Å². The number of rotatable bonds is 3. The lowest BCUT2D eigenvalue weighted by Crippen LogP contribution is -2.15. The number of methoxy groups -OCH3 is 1. The maximum atomic E-state index is 11.8. The molecule has 0 aliphatic carbocycles. The molecule has 7 heteroatoms. The van der Waals surface area contributed by atoms with Gasteiger partial charge in [0.25, 0.3) is 11.5 Å². The quantitative estimate of drug-likeness (QED) is 0.274. The van der Waals surface area contributed by atoms with Gasteiger partial charge in [0.2, 0.25) is 0 Å². The molecule has 1 heterocycles. The summed E-state index contributed by atoms with van der Waals surface area (Å²) in [6, 6.07) is 4.14. The van der Waals surface area contributed by atoms with Crippen LogP contribution < -0.4 is 0 Å². The van der Waals surface area contributed by atoms with Crippen molar-refractivity contribution in [2.24, 2.45) is 7.05 Å². The highest BCUT2D eigenvalue weighted by Gasteiger charge is 2.22.